The van der Waals surface area contributed by atoms with Gasteiger partial charge in [-0.2, -0.15) is 0 Å². The molecule has 1 atom stereocenters. The molecule has 0 saturated carbocycles. The van der Waals surface area contributed by atoms with Gasteiger partial charge in [-0.05, 0) is 48.0 Å². The Morgan fingerprint density at radius 1 is 1.06 bits per heavy atom. The monoisotopic (exact) mass is 463 g/mol. The Balaban J connectivity index is 1.34. The van der Waals surface area contributed by atoms with E-state index in [1.54, 1.807) is 29.2 Å². The number of benzene rings is 1. The molecule has 3 heterocycles. The average molecular weight is 464 g/mol. The Morgan fingerprint density at radius 2 is 1.74 bits per heavy atom. The quantitative estimate of drug-likeness (QED) is 0.659. The number of rotatable bonds is 6. The molecule has 1 N–H and O–H groups in total. The number of nitrogens with one attached hydrogen (secondary N) is 1. The third-order valence-corrected chi connectivity index (χ3v) is 6.25. The smallest absolute Gasteiger partial charge is 0.414 e. The van der Waals surface area contributed by atoms with Crippen molar-refractivity contribution >= 4 is 57.5 Å². The second-order valence-electron chi connectivity index (χ2n) is 6.88. The first-order valence-electron chi connectivity index (χ1n) is 9.46. The van der Waals surface area contributed by atoms with Crippen LogP contribution in [-0.2, 0) is 14.3 Å². The van der Waals surface area contributed by atoms with Gasteiger partial charge in [-0.1, -0.05) is 0 Å². The van der Waals surface area contributed by atoms with Crippen LogP contribution in [0, 0.1) is 0 Å². The molecule has 0 bridgehead atoms. The lowest BCUT2D eigenvalue weighted by atomic mass is 10.2. The minimum atomic E-state index is -0.617. The Morgan fingerprint density at radius 3 is 2.39 bits per heavy atom. The molecule has 31 heavy (non-hydrogen) atoms. The Kier molecular flexibility index (Phi) is 6.21. The third kappa shape index (κ3) is 4.71. The van der Waals surface area contributed by atoms with E-state index >= 15 is 0 Å². The van der Waals surface area contributed by atoms with E-state index in [0.717, 1.165) is 17.0 Å². The van der Waals surface area contributed by atoms with E-state index in [2.05, 4.69) is 5.32 Å². The van der Waals surface area contributed by atoms with E-state index < -0.39 is 17.4 Å². The number of halogens is 1. The van der Waals surface area contributed by atoms with Gasteiger partial charge in [-0.3, -0.25) is 19.3 Å². The molecule has 3 amide bonds. The van der Waals surface area contributed by atoms with Gasteiger partial charge in [0, 0.05) is 17.9 Å². The maximum absolute atomic E-state index is 12.3. The summed E-state index contributed by atoms with van der Waals surface area (Å²) in [5.74, 6) is -0.480. The highest BCUT2D eigenvalue weighted by molar-refractivity contribution is 7.17. The summed E-state index contributed by atoms with van der Waals surface area (Å²) in [5, 5.41) is 2.08. The van der Waals surface area contributed by atoms with E-state index in [-0.39, 0.29) is 36.4 Å². The maximum atomic E-state index is 12.3. The lowest BCUT2D eigenvalue weighted by Gasteiger charge is -2.27. The molecule has 162 valence electrons. The summed E-state index contributed by atoms with van der Waals surface area (Å²) >= 11 is 6.40. The van der Waals surface area contributed by atoms with Gasteiger partial charge in [0.25, 0.3) is 17.1 Å². The van der Waals surface area contributed by atoms with Crippen molar-refractivity contribution in [2.75, 3.05) is 42.6 Å². The van der Waals surface area contributed by atoms with Crippen LogP contribution in [0.4, 0.5) is 16.2 Å². The molecular weight excluding hydrogens is 446 g/mol. The van der Waals surface area contributed by atoms with Gasteiger partial charge in [0.1, 0.15) is 12.7 Å². The molecule has 2 aromatic rings. The number of hydrogen-bond acceptors (Lipinski definition) is 7. The van der Waals surface area contributed by atoms with Gasteiger partial charge >= 0.3 is 6.09 Å². The van der Waals surface area contributed by atoms with Crippen LogP contribution in [0.15, 0.2) is 36.4 Å². The highest BCUT2D eigenvalue weighted by Crippen LogP contribution is 2.26. The van der Waals surface area contributed by atoms with Crippen LogP contribution in [0.3, 0.4) is 0 Å². The Labute approximate surface area is 186 Å². The van der Waals surface area contributed by atoms with Gasteiger partial charge in [0.05, 0.1) is 29.5 Å². The third-order valence-electron chi connectivity index (χ3n) is 4.85. The van der Waals surface area contributed by atoms with E-state index in [9.17, 15) is 19.2 Å². The molecule has 0 spiro atoms. The highest BCUT2D eigenvalue weighted by Gasteiger charge is 2.33. The first kappa shape index (κ1) is 21.3. The van der Waals surface area contributed by atoms with Crippen LogP contribution in [0.1, 0.15) is 19.3 Å². The summed E-state index contributed by atoms with van der Waals surface area (Å²) in [5.41, 5.74) is 1.37. The standard InChI is InChI=1S/C20H18ClN3O6S/c21-18(26)15-5-6-16(31-15)19(27)22-9-14-10-24(20(28)30-14)13-3-1-12(2-4-13)23-7-8-29-11-17(23)25/h1-6,14H,7-11H2,(H,22,27)/t14-/m0/s1. The van der Waals surface area contributed by atoms with Crippen LogP contribution in [-0.4, -0.2) is 62.1 Å². The molecule has 2 saturated heterocycles. The zero-order valence-corrected chi connectivity index (χ0v) is 17.8. The molecule has 1 aromatic carbocycles. The molecule has 4 rings (SSSR count). The van der Waals surface area contributed by atoms with Gasteiger partial charge in [0.15, 0.2) is 0 Å². The number of cyclic esters (lactones) is 1. The normalized spacial score (nSPS) is 18.8. The number of ether oxygens (including phenoxy) is 2. The molecule has 0 unspecified atom stereocenters. The fourth-order valence-electron chi connectivity index (χ4n) is 3.30. The molecule has 11 heteroatoms. The largest absolute Gasteiger partial charge is 0.442 e. The van der Waals surface area contributed by atoms with E-state index in [1.165, 1.54) is 17.0 Å². The lowest BCUT2D eigenvalue weighted by molar-refractivity contribution is -0.125. The average Bonchev–Trinajstić information content (AvgIpc) is 3.40. The number of amides is 3. The van der Waals surface area contributed by atoms with Crippen LogP contribution >= 0.6 is 22.9 Å². The van der Waals surface area contributed by atoms with Crippen molar-refractivity contribution in [3.8, 4) is 0 Å². The fourth-order valence-corrected chi connectivity index (χ4v) is 4.23. The molecule has 2 fully saturated rings. The summed E-state index contributed by atoms with van der Waals surface area (Å²) < 4.78 is 10.5. The van der Waals surface area contributed by atoms with Crippen molar-refractivity contribution in [1.82, 2.24) is 5.32 Å². The maximum Gasteiger partial charge on any atom is 0.414 e. The predicted octanol–water partition coefficient (Wildman–Crippen LogP) is 2.25. The van der Waals surface area contributed by atoms with Crippen molar-refractivity contribution in [3.05, 3.63) is 46.2 Å². The van der Waals surface area contributed by atoms with Crippen molar-refractivity contribution in [2.24, 2.45) is 0 Å². The molecule has 2 aliphatic heterocycles. The van der Waals surface area contributed by atoms with Crippen molar-refractivity contribution in [3.63, 3.8) is 0 Å². The topological polar surface area (TPSA) is 105 Å². The lowest BCUT2D eigenvalue weighted by Crippen LogP contribution is -2.41. The molecule has 9 nitrogen and oxygen atoms in total. The Hall–Kier alpha value is -2.95. The van der Waals surface area contributed by atoms with Gasteiger partial charge in [0.2, 0.25) is 0 Å². The van der Waals surface area contributed by atoms with E-state index in [1.807, 2.05) is 0 Å². The number of carbonyl (C=O) groups excluding carboxylic acids is 4. The first-order valence-corrected chi connectivity index (χ1v) is 10.7. The van der Waals surface area contributed by atoms with Crippen molar-refractivity contribution < 1.29 is 28.7 Å². The molecule has 0 aliphatic carbocycles. The van der Waals surface area contributed by atoms with Gasteiger partial charge in [-0.15, -0.1) is 11.3 Å². The van der Waals surface area contributed by atoms with Crippen LogP contribution < -0.4 is 15.1 Å². The van der Waals surface area contributed by atoms with E-state index in [4.69, 9.17) is 21.1 Å². The van der Waals surface area contributed by atoms with Crippen LogP contribution in [0.5, 0.6) is 0 Å². The Bertz CT molecular complexity index is 1020. The number of hydrogen-bond donors (Lipinski definition) is 1. The van der Waals surface area contributed by atoms with Gasteiger partial charge in [-0.25, -0.2) is 4.79 Å². The minimum absolute atomic E-state index is 0.0581. The number of anilines is 2. The number of nitrogens with zero attached hydrogens (tertiary/aromatic N) is 2. The molecule has 2 aliphatic rings. The van der Waals surface area contributed by atoms with E-state index in [0.29, 0.717) is 23.7 Å². The second-order valence-corrected chi connectivity index (χ2v) is 8.31. The molecular formula is C20H18ClN3O6S. The summed E-state index contributed by atoms with van der Waals surface area (Å²) in [7, 11) is 0. The van der Waals surface area contributed by atoms with Gasteiger partial charge < -0.3 is 19.7 Å². The SMILES string of the molecule is O=C(Cl)c1ccc(C(=O)NC[C@H]2CN(c3ccc(N4CCOCC4=O)cc3)C(=O)O2)s1. The fraction of sp³-hybridized carbons (Fsp3) is 0.300. The van der Waals surface area contributed by atoms with Crippen LogP contribution in [0.25, 0.3) is 0 Å². The summed E-state index contributed by atoms with van der Waals surface area (Å²) in [4.78, 5) is 51.3. The minimum Gasteiger partial charge on any atom is -0.442 e. The zero-order chi connectivity index (χ0) is 22.0. The number of thiophene rings is 1. The summed E-state index contributed by atoms with van der Waals surface area (Å²) in [6.07, 6.45) is -1.04. The van der Waals surface area contributed by atoms with Crippen molar-refractivity contribution in [2.45, 2.75) is 6.10 Å². The number of morpholine rings is 1. The second kappa shape index (κ2) is 9.04. The van der Waals surface area contributed by atoms with Crippen LogP contribution in [0.2, 0.25) is 0 Å². The summed E-state index contributed by atoms with van der Waals surface area (Å²) in [6.45, 7) is 1.42. The molecule has 1 aromatic heterocycles. The highest BCUT2D eigenvalue weighted by atomic mass is 35.5. The number of carbonyl (C=O) groups is 4. The van der Waals surface area contributed by atoms with Crippen molar-refractivity contribution in [1.29, 1.82) is 0 Å². The summed E-state index contributed by atoms with van der Waals surface area (Å²) in [6, 6.07) is 10.0. The molecule has 0 radical (unpaired) electrons. The zero-order valence-electron chi connectivity index (χ0n) is 16.2. The predicted molar refractivity (Wildman–Crippen MR) is 114 cm³/mol. The first-order chi connectivity index (χ1) is 14.9.